The first-order chi connectivity index (χ1) is 8.79. The Hall–Kier alpha value is -0.0200. The number of Topliss-reactive ketones (excluding diaryl/α,β-unsaturated/α-hetero) is 1. The molecule has 2 saturated heterocycles. The van der Waals surface area contributed by atoms with Crippen LogP contribution < -0.4 is 0 Å². The molecule has 3 fully saturated rings. The second-order valence-electron chi connectivity index (χ2n) is 6.19. The summed E-state index contributed by atoms with van der Waals surface area (Å²) in [6, 6.07) is 0. The van der Waals surface area contributed by atoms with Gasteiger partial charge in [-0.1, -0.05) is 19.3 Å². The molecule has 2 atom stereocenters. The van der Waals surface area contributed by atoms with Crippen LogP contribution in [-0.4, -0.2) is 29.0 Å². The van der Waals surface area contributed by atoms with Gasteiger partial charge >= 0.3 is 0 Å². The zero-order valence-electron chi connectivity index (χ0n) is 11.2. The molecule has 3 aliphatic rings. The van der Waals surface area contributed by atoms with Gasteiger partial charge in [0.2, 0.25) is 0 Å². The third-order valence-electron chi connectivity index (χ3n) is 4.91. The van der Waals surface area contributed by atoms with E-state index in [9.17, 15) is 4.79 Å². The molecule has 2 unspecified atom stereocenters. The Morgan fingerprint density at radius 1 is 1.11 bits per heavy atom. The van der Waals surface area contributed by atoms with E-state index in [1.807, 2.05) is 11.8 Å². The summed E-state index contributed by atoms with van der Waals surface area (Å²) in [7, 11) is 0. The Bertz CT molecular complexity index is 304. The summed E-state index contributed by atoms with van der Waals surface area (Å²) in [6.45, 7) is 0.813. The minimum atomic E-state index is 0.0951. The molecule has 0 radical (unpaired) electrons. The van der Waals surface area contributed by atoms with E-state index >= 15 is 0 Å². The average molecular weight is 268 g/mol. The van der Waals surface area contributed by atoms with Gasteiger partial charge < -0.3 is 4.74 Å². The predicted molar refractivity (Wildman–Crippen MR) is 75.0 cm³/mol. The van der Waals surface area contributed by atoms with Crippen LogP contribution in [-0.2, 0) is 9.53 Å². The molecule has 0 aromatic rings. The second-order valence-corrected chi connectivity index (χ2v) is 7.50. The highest BCUT2D eigenvalue weighted by molar-refractivity contribution is 8.00. The third-order valence-corrected chi connectivity index (χ3v) is 6.30. The zero-order chi connectivity index (χ0) is 12.4. The molecule has 3 rings (SSSR count). The van der Waals surface area contributed by atoms with Crippen molar-refractivity contribution < 1.29 is 9.53 Å². The van der Waals surface area contributed by atoms with Gasteiger partial charge in [-0.2, -0.15) is 11.8 Å². The molecule has 1 spiro atoms. The van der Waals surface area contributed by atoms with Crippen molar-refractivity contribution in [3.8, 4) is 0 Å². The number of ketones is 1. The summed E-state index contributed by atoms with van der Waals surface area (Å²) >= 11 is 1.91. The third kappa shape index (κ3) is 2.62. The molecule has 0 N–H and O–H groups in total. The highest BCUT2D eigenvalue weighted by Crippen LogP contribution is 2.43. The quantitative estimate of drug-likeness (QED) is 0.765. The first-order valence-electron chi connectivity index (χ1n) is 7.58. The minimum absolute atomic E-state index is 0.0951. The molecule has 0 amide bonds. The number of carbonyl (C=O) groups excluding carboxylic acids is 1. The lowest BCUT2D eigenvalue weighted by Gasteiger charge is -2.39. The highest BCUT2D eigenvalue weighted by atomic mass is 32.2. The van der Waals surface area contributed by atoms with Gasteiger partial charge in [0.15, 0.2) is 0 Å². The van der Waals surface area contributed by atoms with Crippen LogP contribution in [0.5, 0.6) is 0 Å². The summed E-state index contributed by atoms with van der Waals surface area (Å²) in [5.41, 5.74) is 0.0951. The number of hydrogen-bond donors (Lipinski definition) is 0. The van der Waals surface area contributed by atoms with Crippen LogP contribution in [0.3, 0.4) is 0 Å². The van der Waals surface area contributed by atoms with Crippen LogP contribution in [0.15, 0.2) is 0 Å². The maximum absolute atomic E-state index is 12.6. The maximum Gasteiger partial charge on any atom is 0.149 e. The van der Waals surface area contributed by atoms with Crippen LogP contribution in [0, 0.1) is 5.92 Å². The lowest BCUT2D eigenvalue weighted by molar-refractivity contribution is -0.136. The predicted octanol–water partition coefficient (Wildman–Crippen LogP) is 3.58. The monoisotopic (exact) mass is 268 g/mol. The summed E-state index contributed by atoms with van der Waals surface area (Å²) in [6.07, 6.45) is 10.6. The molecule has 1 saturated carbocycles. The number of rotatable bonds is 2. The Morgan fingerprint density at radius 3 is 2.67 bits per heavy atom. The lowest BCUT2D eigenvalue weighted by Crippen LogP contribution is -2.42. The molecule has 3 heteroatoms. The molecular weight excluding hydrogens is 244 g/mol. The van der Waals surface area contributed by atoms with E-state index in [1.165, 1.54) is 44.3 Å². The van der Waals surface area contributed by atoms with Crippen LogP contribution >= 0.6 is 11.8 Å². The SMILES string of the molecule is O=C(C1CCOC2(CCCC2)C1)C1CCCCS1. The van der Waals surface area contributed by atoms with Crippen molar-refractivity contribution in [2.75, 3.05) is 12.4 Å². The van der Waals surface area contributed by atoms with Crippen LogP contribution in [0.4, 0.5) is 0 Å². The normalized spacial score (nSPS) is 35.8. The van der Waals surface area contributed by atoms with Crippen LogP contribution in [0.1, 0.15) is 57.8 Å². The van der Waals surface area contributed by atoms with E-state index in [0.717, 1.165) is 25.9 Å². The van der Waals surface area contributed by atoms with E-state index in [4.69, 9.17) is 4.74 Å². The molecule has 2 nitrogen and oxygen atoms in total. The molecule has 2 heterocycles. The largest absolute Gasteiger partial charge is 0.375 e. The van der Waals surface area contributed by atoms with Gasteiger partial charge in [0.05, 0.1) is 10.9 Å². The van der Waals surface area contributed by atoms with Gasteiger partial charge in [-0.15, -0.1) is 0 Å². The molecular formula is C15H24O2S. The zero-order valence-corrected chi connectivity index (χ0v) is 12.0. The van der Waals surface area contributed by atoms with Crippen molar-refractivity contribution in [1.29, 1.82) is 0 Å². The van der Waals surface area contributed by atoms with Crippen molar-refractivity contribution in [3.63, 3.8) is 0 Å². The van der Waals surface area contributed by atoms with Crippen molar-refractivity contribution in [2.24, 2.45) is 5.92 Å². The molecule has 102 valence electrons. The van der Waals surface area contributed by atoms with Crippen LogP contribution in [0.2, 0.25) is 0 Å². The summed E-state index contributed by atoms with van der Waals surface area (Å²) in [5, 5.41) is 0.306. The van der Waals surface area contributed by atoms with Gasteiger partial charge in [0, 0.05) is 12.5 Å². The van der Waals surface area contributed by atoms with E-state index in [0.29, 0.717) is 17.0 Å². The maximum atomic E-state index is 12.6. The minimum Gasteiger partial charge on any atom is -0.375 e. The summed E-state index contributed by atoms with van der Waals surface area (Å²) < 4.78 is 6.04. The Morgan fingerprint density at radius 2 is 1.94 bits per heavy atom. The fraction of sp³-hybridized carbons (Fsp3) is 0.933. The van der Waals surface area contributed by atoms with Gasteiger partial charge in [0.25, 0.3) is 0 Å². The number of thioether (sulfide) groups is 1. The molecule has 1 aliphatic carbocycles. The molecule has 18 heavy (non-hydrogen) atoms. The van der Waals surface area contributed by atoms with Gasteiger partial charge in [-0.3, -0.25) is 4.79 Å². The second kappa shape index (κ2) is 5.54. The lowest BCUT2D eigenvalue weighted by atomic mass is 9.81. The van der Waals surface area contributed by atoms with E-state index in [-0.39, 0.29) is 5.60 Å². The molecule has 0 aromatic carbocycles. The van der Waals surface area contributed by atoms with Crippen molar-refractivity contribution >= 4 is 17.5 Å². The van der Waals surface area contributed by atoms with Gasteiger partial charge in [0.1, 0.15) is 5.78 Å². The number of hydrogen-bond acceptors (Lipinski definition) is 3. The molecule has 0 aromatic heterocycles. The first kappa shape index (κ1) is 13.0. The van der Waals surface area contributed by atoms with E-state index in [2.05, 4.69) is 0 Å². The Balaban J connectivity index is 1.62. The Labute approximate surface area is 114 Å². The smallest absolute Gasteiger partial charge is 0.149 e. The summed E-state index contributed by atoms with van der Waals surface area (Å²) in [5.74, 6) is 2.03. The van der Waals surface area contributed by atoms with Crippen LogP contribution in [0.25, 0.3) is 0 Å². The average Bonchev–Trinajstić information content (AvgIpc) is 2.87. The van der Waals surface area contributed by atoms with Crippen molar-refractivity contribution in [3.05, 3.63) is 0 Å². The summed E-state index contributed by atoms with van der Waals surface area (Å²) in [4.78, 5) is 12.6. The molecule has 2 aliphatic heterocycles. The van der Waals surface area contributed by atoms with Gasteiger partial charge in [-0.25, -0.2) is 0 Å². The number of carbonyl (C=O) groups is 1. The fourth-order valence-corrected chi connectivity index (χ4v) is 5.21. The molecule has 0 bridgehead atoms. The van der Waals surface area contributed by atoms with Crippen molar-refractivity contribution in [2.45, 2.75) is 68.6 Å². The topological polar surface area (TPSA) is 26.3 Å². The van der Waals surface area contributed by atoms with Gasteiger partial charge in [-0.05, 0) is 44.3 Å². The highest BCUT2D eigenvalue weighted by Gasteiger charge is 2.43. The fourth-order valence-electron chi connectivity index (χ4n) is 3.87. The standard InChI is InChI=1S/C15H24O2S/c16-14(13-5-1-4-10-18-13)12-6-9-17-15(11-12)7-2-3-8-15/h12-13H,1-11H2. The Kier molecular flexibility index (Phi) is 4.00. The first-order valence-corrected chi connectivity index (χ1v) is 8.63. The number of ether oxygens (including phenoxy) is 1. The van der Waals surface area contributed by atoms with E-state index in [1.54, 1.807) is 0 Å². The van der Waals surface area contributed by atoms with Crippen molar-refractivity contribution in [1.82, 2.24) is 0 Å². The van der Waals surface area contributed by atoms with E-state index < -0.39 is 0 Å².